The van der Waals surface area contributed by atoms with Gasteiger partial charge in [-0.05, 0) is 74.2 Å². The second-order valence-electron chi connectivity index (χ2n) is 10.5. The molecule has 0 fully saturated rings. The highest BCUT2D eigenvalue weighted by atomic mass is 31.2. The lowest BCUT2D eigenvalue weighted by Gasteiger charge is -2.19. The Hall–Kier alpha value is -5.31. The summed E-state index contributed by atoms with van der Waals surface area (Å²) in [6, 6.07) is 9.98. The van der Waals surface area contributed by atoms with E-state index in [-0.39, 0.29) is 29.3 Å². The van der Waals surface area contributed by atoms with Gasteiger partial charge in [0, 0.05) is 30.5 Å². The van der Waals surface area contributed by atoms with Gasteiger partial charge in [0.25, 0.3) is 11.8 Å². The van der Waals surface area contributed by atoms with Crippen LogP contribution in [0.25, 0.3) is 5.52 Å². The lowest BCUT2D eigenvalue weighted by atomic mass is 10.1. The van der Waals surface area contributed by atoms with Crippen LogP contribution in [0.5, 0.6) is 5.75 Å². The van der Waals surface area contributed by atoms with Gasteiger partial charge in [-0.1, -0.05) is 19.9 Å². The molecule has 0 aliphatic carbocycles. The maximum atomic E-state index is 13.7. The number of aryl methyl sites for hydroxylation is 2. The number of esters is 1. The molecule has 17 heteroatoms. The second-order valence-corrected chi connectivity index (χ2v) is 11.7. The zero-order valence-electron chi connectivity index (χ0n) is 26.6. The highest BCUT2D eigenvalue weighted by Gasteiger charge is 2.28. The van der Waals surface area contributed by atoms with Gasteiger partial charge in [0.2, 0.25) is 6.79 Å². The normalized spacial score (nSPS) is 11.1. The smallest absolute Gasteiger partial charge is 0.424 e. The van der Waals surface area contributed by atoms with Crippen LogP contribution in [-0.2, 0) is 14.0 Å². The number of anilines is 2. The van der Waals surface area contributed by atoms with E-state index in [4.69, 9.17) is 19.3 Å². The van der Waals surface area contributed by atoms with Crippen LogP contribution in [-0.4, -0.2) is 73.0 Å². The number of benzene rings is 2. The fourth-order valence-corrected chi connectivity index (χ4v) is 4.96. The van der Waals surface area contributed by atoms with Crippen molar-refractivity contribution < 1.29 is 47.5 Å². The molecular formula is C31H35N6O10P. The van der Waals surface area contributed by atoms with Crippen molar-refractivity contribution in [2.24, 2.45) is 0 Å². The lowest BCUT2D eigenvalue weighted by Crippen LogP contribution is -2.38. The Labute approximate surface area is 275 Å². The Bertz CT molecular complexity index is 1870. The third-order valence-corrected chi connectivity index (χ3v) is 7.39. The summed E-state index contributed by atoms with van der Waals surface area (Å²) in [4.78, 5) is 74.6. The molecule has 0 saturated heterocycles. The van der Waals surface area contributed by atoms with Crippen molar-refractivity contribution in [3.63, 3.8) is 0 Å². The summed E-state index contributed by atoms with van der Waals surface area (Å²) >= 11 is 0. The van der Waals surface area contributed by atoms with Crippen molar-refractivity contribution in [1.82, 2.24) is 24.8 Å². The molecule has 48 heavy (non-hydrogen) atoms. The SMILES string of the molecule is CCCNC(=O)c1ccc(C)c(Nc2ncnn3cc(C(=O)N(CCC)C(=O)OCOC(=O)c4ccc(OP(=O)(O)O)cc4)c(C)c23)c1. The molecule has 4 aromatic rings. The third kappa shape index (κ3) is 8.73. The molecule has 0 saturated carbocycles. The van der Waals surface area contributed by atoms with Gasteiger partial charge < -0.3 is 24.6 Å². The predicted octanol–water partition coefficient (Wildman–Crippen LogP) is 4.50. The van der Waals surface area contributed by atoms with Crippen molar-refractivity contribution in [3.8, 4) is 5.75 Å². The number of carbonyl (C=O) groups is 4. The molecule has 0 bridgehead atoms. The number of phosphoric acid groups is 1. The van der Waals surface area contributed by atoms with Crippen molar-refractivity contribution in [3.05, 3.63) is 82.8 Å². The number of nitrogens with one attached hydrogen (secondary N) is 2. The van der Waals surface area contributed by atoms with Gasteiger partial charge in [-0.25, -0.2) is 28.6 Å². The average molecular weight is 683 g/mol. The van der Waals surface area contributed by atoms with E-state index in [1.165, 1.54) is 29.2 Å². The fraction of sp³-hybridized carbons (Fsp3) is 0.290. The highest BCUT2D eigenvalue weighted by Crippen LogP contribution is 2.37. The number of amides is 3. The second kappa shape index (κ2) is 15.5. The molecule has 0 spiro atoms. The first kappa shape index (κ1) is 35.5. The minimum absolute atomic E-state index is 0.00114. The lowest BCUT2D eigenvalue weighted by molar-refractivity contribution is -0.0105. The van der Waals surface area contributed by atoms with Gasteiger partial charge in [-0.15, -0.1) is 0 Å². The van der Waals surface area contributed by atoms with Crippen molar-refractivity contribution in [2.75, 3.05) is 25.2 Å². The minimum Gasteiger partial charge on any atom is -0.424 e. The number of hydrogen-bond acceptors (Lipinski definition) is 11. The Morgan fingerprint density at radius 2 is 1.69 bits per heavy atom. The van der Waals surface area contributed by atoms with E-state index in [9.17, 15) is 23.7 Å². The molecule has 4 rings (SSSR count). The molecule has 254 valence electrons. The quantitative estimate of drug-likeness (QED) is 0.0870. The van der Waals surface area contributed by atoms with Crippen molar-refractivity contribution in [2.45, 2.75) is 40.5 Å². The van der Waals surface area contributed by atoms with E-state index in [1.807, 2.05) is 19.9 Å². The molecule has 16 nitrogen and oxygen atoms in total. The zero-order valence-corrected chi connectivity index (χ0v) is 27.5. The number of carbonyl (C=O) groups excluding carboxylic acids is 4. The van der Waals surface area contributed by atoms with Crippen LogP contribution >= 0.6 is 7.82 Å². The Kier molecular flexibility index (Phi) is 11.5. The third-order valence-electron chi connectivity index (χ3n) is 6.95. The van der Waals surface area contributed by atoms with E-state index in [0.717, 1.165) is 29.0 Å². The first-order chi connectivity index (χ1) is 22.8. The largest absolute Gasteiger partial charge is 0.524 e. The molecular weight excluding hydrogens is 647 g/mol. The molecule has 2 aromatic carbocycles. The summed E-state index contributed by atoms with van der Waals surface area (Å²) in [5.41, 5.74) is 3.04. The molecule has 0 aliphatic heterocycles. The van der Waals surface area contributed by atoms with Gasteiger partial charge in [-0.3, -0.25) is 19.4 Å². The topological polar surface area (TPSA) is 211 Å². The number of rotatable bonds is 13. The van der Waals surface area contributed by atoms with Crippen LogP contribution in [0.3, 0.4) is 0 Å². The maximum absolute atomic E-state index is 13.7. The zero-order chi connectivity index (χ0) is 35.0. The van der Waals surface area contributed by atoms with E-state index >= 15 is 0 Å². The highest BCUT2D eigenvalue weighted by molar-refractivity contribution is 7.46. The number of fused-ring (bicyclic) bond motifs is 1. The van der Waals surface area contributed by atoms with E-state index in [1.54, 1.807) is 26.0 Å². The summed E-state index contributed by atoms with van der Waals surface area (Å²) < 4.78 is 26.9. The number of imide groups is 1. The monoisotopic (exact) mass is 682 g/mol. The van der Waals surface area contributed by atoms with Gasteiger partial charge in [0.15, 0.2) is 5.82 Å². The Balaban J connectivity index is 1.48. The van der Waals surface area contributed by atoms with Crippen LogP contribution in [0.15, 0.2) is 55.0 Å². The number of ether oxygens (including phenoxy) is 2. The standard InChI is InChI=1S/C31H35N6O10P/c1-5-13-32-28(38)22-8-7-19(3)25(15-22)35-27-26-20(4)24(16-37(26)34-17-33-27)29(39)36(14-6-2)31(41)46-18-45-30(40)21-9-11-23(12-10-21)47-48(42,43)44/h7-12,15-17H,5-6,13-14,18H2,1-4H3,(H,32,38)(H,33,34,35)(H2,42,43,44). The molecule has 2 aromatic heterocycles. The van der Waals surface area contributed by atoms with Crippen LogP contribution in [0.1, 0.15) is 68.9 Å². The summed E-state index contributed by atoms with van der Waals surface area (Å²) in [7, 11) is -4.77. The predicted molar refractivity (Wildman–Crippen MR) is 172 cm³/mol. The summed E-state index contributed by atoms with van der Waals surface area (Å²) in [5.74, 6) is -1.57. The van der Waals surface area contributed by atoms with Crippen molar-refractivity contribution >= 4 is 48.7 Å². The Morgan fingerprint density at radius 1 is 0.979 bits per heavy atom. The van der Waals surface area contributed by atoms with Gasteiger partial charge >= 0.3 is 19.9 Å². The van der Waals surface area contributed by atoms with Crippen LogP contribution in [0, 0.1) is 13.8 Å². The van der Waals surface area contributed by atoms with Crippen LogP contribution in [0.2, 0.25) is 0 Å². The van der Waals surface area contributed by atoms with Crippen LogP contribution in [0.4, 0.5) is 16.3 Å². The van der Waals surface area contributed by atoms with Crippen LogP contribution < -0.4 is 15.2 Å². The number of aromatic nitrogens is 3. The van der Waals surface area contributed by atoms with Gasteiger partial charge in [-0.2, -0.15) is 5.10 Å². The summed E-state index contributed by atoms with van der Waals surface area (Å²) in [6.45, 7) is 7.03. The maximum Gasteiger partial charge on any atom is 0.524 e. The molecule has 0 aliphatic rings. The number of nitrogens with zero attached hydrogens (tertiary/aromatic N) is 4. The van der Waals surface area contributed by atoms with Crippen molar-refractivity contribution in [1.29, 1.82) is 0 Å². The first-order valence-electron chi connectivity index (χ1n) is 14.8. The fourth-order valence-electron chi connectivity index (χ4n) is 4.56. The minimum atomic E-state index is -4.77. The number of hydrogen-bond donors (Lipinski definition) is 4. The molecule has 2 heterocycles. The van der Waals surface area contributed by atoms with E-state index in [0.29, 0.717) is 41.1 Å². The molecule has 0 radical (unpaired) electrons. The molecule has 0 unspecified atom stereocenters. The van der Waals surface area contributed by atoms with Gasteiger partial charge in [0.05, 0.1) is 11.1 Å². The first-order valence-corrected chi connectivity index (χ1v) is 16.4. The molecule has 4 N–H and O–H groups in total. The van der Waals surface area contributed by atoms with E-state index < -0.39 is 32.6 Å². The summed E-state index contributed by atoms with van der Waals surface area (Å²) in [6.07, 6.45) is 2.94. The van der Waals surface area contributed by atoms with Gasteiger partial charge in [0.1, 0.15) is 17.6 Å². The average Bonchev–Trinajstić information content (AvgIpc) is 3.39. The van der Waals surface area contributed by atoms with E-state index in [2.05, 4.69) is 25.2 Å². The summed E-state index contributed by atoms with van der Waals surface area (Å²) in [5, 5.41) is 10.3. The Morgan fingerprint density at radius 3 is 2.35 bits per heavy atom. The molecule has 0 atom stereocenters. The number of phosphoric ester groups is 1. The molecule has 3 amide bonds.